The maximum atomic E-state index is 12.1. The van der Waals surface area contributed by atoms with Gasteiger partial charge < -0.3 is 19.6 Å². The van der Waals surface area contributed by atoms with Crippen LogP contribution in [0.25, 0.3) is 0 Å². The van der Waals surface area contributed by atoms with Crippen LogP contribution < -0.4 is 0 Å². The molecule has 1 aliphatic heterocycles. The first-order valence-electron chi connectivity index (χ1n) is 6.69. The topological polar surface area (TPSA) is 83.0 Å². The Labute approximate surface area is 123 Å². The SMILES string of the molecule is CN(C)CCN1C(=O)COC(C(=O)O)C1c1ccncc1. The summed E-state index contributed by atoms with van der Waals surface area (Å²) in [6.45, 7) is 0.900. The molecule has 0 aliphatic carbocycles. The average Bonchev–Trinajstić information content (AvgIpc) is 2.46. The minimum atomic E-state index is -1.07. The monoisotopic (exact) mass is 293 g/mol. The number of amides is 1. The predicted octanol–water partition coefficient (Wildman–Crippen LogP) is -0.00370. The molecule has 7 nitrogen and oxygen atoms in total. The lowest BCUT2D eigenvalue weighted by Crippen LogP contribution is -2.53. The third kappa shape index (κ3) is 3.56. The second kappa shape index (κ2) is 6.64. The maximum absolute atomic E-state index is 12.1. The van der Waals surface area contributed by atoms with E-state index in [0.717, 1.165) is 0 Å². The first-order valence-corrected chi connectivity index (χ1v) is 6.69. The number of carbonyl (C=O) groups excluding carboxylic acids is 1. The summed E-state index contributed by atoms with van der Waals surface area (Å²) in [5, 5.41) is 9.36. The summed E-state index contributed by atoms with van der Waals surface area (Å²) < 4.78 is 5.23. The van der Waals surface area contributed by atoms with Gasteiger partial charge in [-0.05, 0) is 31.8 Å². The number of hydrogen-bond acceptors (Lipinski definition) is 5. The first-order chi connectivity index (χ1) is 10.0. The van der Waals surface area contributed by atoms with Gasteiger partial charge in [0.1, 0.15) is 6.61 Å². The number of carbonyl (C=O) groups is 2. The Morgan fingerprint density at radius 1 is 1.48 bits per heavy atom. The van der Waals surface area contributed by atoms with Gasteiger partial charge in [0, 0.05) is 25.5 Å². The molecule has 1 aliphatic rings. The quantitative estimate of drug-likeness (QED) is 0.822. The summed E-state index contributed by atoms with van der Waals surface area (Å²) in [5.41, 5.74) is 0.712. The number of ether oxygens (including phenoxy) is 1. The van der Waals surface area contributed by atoms with E-state index >= 15 is 0 Å². The van der Waals surface area contributed by atoms with Crippen molar-refractivity contribution < 1.29 is 19.4 Å². The molecule has 1 N–H and O–H groups in total. The van der Waals surface area contributed by atoms with Crippen LogP contribution in [0.5, 0.6) is 0 Å². The summed E-state index contributed by atoms with van der Waals surface area (Å²) in [6, 6.07) is 2.79. The van der Waals surface area contributed by atoms with E-state index in [0.29, 0.717) is 18.7 Å². The van der Waals surface area contributed by atoms with E-state index in [9.17, 15) is 14.7 Å². The van der Waals surface area contributed by atoms with Gasteiger partial charge >= 0.3 is 5.97 Å². The number of hydrogen-bond donors (Lipinski definition) is 1. The molecule has 0 saturated carbocycles. The van der Waals surface area contributed by atoms with Gasteiger partial charge in [-0.2, -0.15) is 0 Å². The zero-order valence-electron chi connectivity index (χ0n) is 12.1. The van der Waals surface area contributed by atoms with Crippen molar-refractivity contribution in [3.8, 4) is 0 Å². The van der Waals surface area contributed by atoms with Crippen LogP contribution in [-0.4, -0.2) is 71.7 Å². The van der Waals surface area contributed by atoms with Crippen LogP contribution in [0.1, 0.15) is 11.6 Å². The molecule has 0 radical (unpaired) electrons. The third-order valence-corrected chi connectivity index (χ3v) is 3.41. The Kier molecular flexibility index (Phi) is 4.87. The van der Waals surface area contributed by atoms with Crippen molar-refractivity contribution in [1.82, 2.24) is 14.8 Å². The molecule has 1 aromatic rings. The molecular weight excluding hydrogens is 274 g/mol. The Balaban J connectivity index is 2.32. The van der Waals surface area contributed by atoms with E-state index in [4.69, 9.17) is 4.74 Å². The van der Waals surface area contributed by atoms with Gasteiger partial charge in [0.05, 0.1) is 6.04 Å². The van der Waals surface area contributed by atoms with E-state index < -0.39 is 18.1 Å². The number of morpholine rings is 1. The van der Waals surface area contributed by atoms with Gasteiger partial charge in [-0.25, -0.2) is 4.79 Å². The highest BCUT2D eigenvalue weighted by atomic mass is 16.5. The van der Waals surface area contributed by atoms with Gasteiger partial charge in [-0.15, -0.1) is 0 Å². The average molecular weight is 293 g/mol. The lowest BCUT2D eigenvalue weighted by atomic mass is 9.98. The van der Waals surface area contributed by atoms with E-state index in [1.165, 1.54) is 0 Å². The number of carboxylic acids is 1. The molecule has 0 bridgehead atoms. The van der Waals surface area contributed by atoms with E-state index in [1.54, 1.807) is 29.4 Å². The number of rotatable bonds is 5. The first kappa shape index (κ1) is 15.4. The molecule has 2 rings (SSSR count). The van der Waals surface area contributed by atoms with Crippen LogP contribution in [-0.2, 0) is 14.3 Å². The number of likely N-dealkylation sites (N-methyl/N-ethyl adjacent to an activating group) is 1. The number of nitrogens with zero attached hydrogens (tertiary/aromatic N) is 3. The van der Waals surface area contributed by atoms with Crippen LogP contribution in [0.4, 0.5) is 0 Å². The molecule has 2 unspecified atom stereocenters. The molecule has 21 heavy (non-hydrogen) atoms. The summed E-state index contributed by atoms with van der Waals surface area (Å²) >= 11 is 0. The standard InChI is InChI=1S/C14H19N3O4/c1-16(2)7-8-17-11(18)9-21-13(14(19)20)12(17)10-3-5-15-6-4-10/h3-6,12-13H,7-9H2,1-2H3,(H,19,20). The molecule has 1 amide bonds. The number of aliphatic carboxylic acids is 1. The Morgan fingerprint density at radius 2 is 2.14 bits per heavy atom. The highest BCUT2D eigenvalue weighted by Gasteiger charge is 2.41. The van der Waals surface area contributed by atoms with Crippen molar-refractivity contribution in [1.29, 1.82) is 0 Å². The fourth-order valence-electron chi connectivity index (χ4n) is 2.35. The van der Waals surface area contributed by atoms with Crippen LogP contribution in [0.15, 0.2) is 24.5 Å². The maximum Gasteiger partial charge on any atom is 0.335 e. The lowest BCUT2D eigenvalue weighted by Gasteiger charge is -2.39. The van der Waals surface area contributed by atoms with Crippen molar-refractivity contribution >= 4 is 11.9 Å². The largest absolute Gasteiger partial charge is 0.479 e. The zero-order chi connectivity index (χ0) is 15.4. The predicted molar refractivity (Wildman–Crippen MR) is 74.6 cm³/mol. The second-order valence-electron chi connectivity index (χ2n) is 5.19. The van der Waals surface area contributed by atoms with Gasteiger partial charge in [-0.3, -0.25) is 9.78 Å². The van der Waals surface area contributed by atoms with Crippen molar-refractivity contribution in [2.75, 3.05) is 33.8 Å². The van der Waals surface area contributed by atoms with E-state index in [1.807, 2.05) is 19.0 Å². The molecular formula is C14H19N3O4. The van der Waals surface area contributed by atoms with Gasteiger partial charge in [0.2, 0.25) is 5.91 Å². The summed E-state index contributed by atoms with van der Waals surface area (Å²) in [7, 11) is 3.81. The lowest BCUT2D eigenvalue weighted by molar-refractivity contribution is -0.173. The summed E-state index contributed by atoms with van der Waals surface area (Å²) in [4.78, 5) is 31.0. The molecule has 2 atom stereocenters. The van der Waals surface area contributed by atoms with Crippen molar-refractivity contribution in [3.63, 3.8) is 0 Å². The fourth-order valence-corrected chi connectivity index (χ4v) is 2.35. The van der Waals surface area contributed by atoms with E-state index in [-0.39, 0.29) is 12.5 Å². The molecule has 1 saturated heterocycles. The summed E-state index contributed by atoms with van der Waals surface area (Å²) in [5.74, 6) is -1.27. The van der Waals surface area contributed by atoms with Crippen molar-refractivity contribution in [2.24, 2.45) is 0 Å². The fraction of sp³-hybridized carbons (Fsp3) is 0.500. The Hall–Kier alpha value is -1.99. The highest BCUT2D eigenvalue weighted by Crippen LogP contribution is 2.29. The molecule has 7 heteroatoms. The zero-order valence-corrected chi connectivity index (χ0v) is 12.1. The molecule has 0 aromatic carbocycles. The van der Waals surface area contributed by atoms with Gasteiger partial charge in [0.25, 0.3) is 0 Å². The van der Waals surface area contributed by atoms with E-state index in [2.05, 4.69) is 4.98 Å². The van der Waals surface area contributed by atoms with Gasteiger partial charge in [-0.1, -0.05) is 0 Å². The molecule has 2 heterocycles. The molecule has 1 aromatic heterocycles. The summed E-state index contributed by atoms with van der Waals surface area (Å²) in [6.07, 6.45) is 2.10. The van der Waals surface area contributed by atoms with Crippen molar-refractivity contribution in [2.45, 2.75) is 12.1 Å². The third-order valence-electron chi connectivity index (χ3n) is 3.41. The molecule has 1 fully saturated rings. The second-order valence-corrected chi connectivity index (χ2v) is 5.19. The Morgan fingerprint density at radius 3 is 2.71 bits per heavy atom. The number of carboxylic acid groups (broad SMARTS) is 1. The molecule has 0 spiro atoms. The smallest absolute Gasteiger partial charge is 0.335 e. The number of aromatic nitrogens is 1. The van der Waals surface area contributed by atoms with Crippen LogP contribution in [0.2, 0.25) is 0 Å². The number of pyridine rings is 1. The van der Waals surface area contributed by atoms with Crippen LogP contribution in [0, 0.1) is 0 Å². The highest BCUT2D eigenvalue weighted by molar-refractivity contribution is 5.83. The normalized spacial score (nSPS) is 22.6. The van der Waals surface area contributed by atoms with Crippen molar-refractivity contribution in [3.05, 3.63) is 30.1 Å². The van der Waals surface area contributed by atoms with Crippen LogP contribution >= 0.6 is 0 Å². The minimum Gasteiger partial charge on any atom is -0.479 e. The van der Waals surface area contributed by atoms with Crippen LogP contribution in [0.3, 0.4) is 0 Å². The molecule has 114 valence electrons. The van der Waals surface area contributed by atoms with Gasteiger partial charge in [0.15, 0.2) is 6.10 Å². The Bertz CT molecular complexity index is 506. The minimum absolute atomic E-state index is 0.198.